The molecule has 2 aromatic carbocycles. The molecule has 162 valence electrons. The molecule has 0 aliphatic carbocycles. The van der Waals surface area contributed by atoms with Crippen molar-refractivity contribution in [2.75, 3.05) is 7.11 Å². The van der Waals surface area contributed by atoms with Crippen molar-refractivity contribution < 1.29 is 14.6 Å². The van der Waals surface area contributed by atoms with Crippen molar-refractivity contribution in [1.82, 2.24) is 15.4 Å². The predicted molar refractivity (Wildman–Crippen MR) is 120 cm³/mol. The van der Waals surface area contributed by atoms with E-state index in [0.29, 0.717) is 11.6 Å². The highest BCUT2D eigenvalue weighted by molar-refractivity contribution is 5.82. The fraction of sp³-hybridized carbons (Fsp3) is 0.458. The Morgan fingerprint density at radius 2 is 1.60 bits per heavy atom. The lowest BCUT2D eigenvalue weighted by Gasteiger charge is -2.33. The minimum Gasteiger partial charge on any atom is -0.504 e. The summed E-state index contributed by atoms with van der Waals surface area (Å²) in [5.74, 6) is 1.36. The van der Waals surface area contributed by atoms with E-state index in [-0.39, 0.29) is 11.4 Å². The number of hydrogen-bond donors (Lipinski definition) is 1. The molecule has 3 aromatic rings. The van der Waals surface area contributed by atoms with E-state index >= 15 is 0 Å². The van der Waals surface area contributed by atoms with Crippen LogP contribution in [0.2, 0.25) is 0 Å². The van der Waals surface area contributed by atoms with Gasteiger partial charge < -0.3 is 14.6 Å². The summed E-state index contributed by atoms with van der Waals surface area (Å²) in [6, 6.07) is 14.8. The smallest absolute Gasteiger partial charge is 0.244 e. The van der Waals surface area contributed by atoms with Crippen LogP contribution in [0.1, 0.15) is 59.3 Å². The van der Waals surface area contributed by atoms with Gasteiger partial charge in [-0.15, -0.1) is 5.10 Å². The minimum atomic E-state index is -0.131. The molecule has 0 bridgehead atoms. The summed E-state index contributed by atoms with van der Waals surface area (Å²) in [5.41, 5.74) is 0.665. The first-order valence-corrected chi connectivity index (χ1v) is 10.7. The standard InChI is InChI=1S/C16H26O2.C8H7N3O/c1-4-7-10-13-16(5-2,6-3)18-15-12-9-8-11-14(15)17;1-12-8-6-4-2-3-5-7(6)9-11-10-8/h8-9,11-12,17H,4-7,10,13H2,1-3H3;2-5H,1H3. The second-order valence-corrected chi connectivity index (χ2v) is 7.23. The van der Waals surface area contributed by atoms with E-state index in [2.05, 4.69) is 36.2 Å². The molecule has 0 radical (unpaired) electrons. The second-order valence-electron chi connectivity index (χ2n) is 7.23. The molecule has 0 atom stereocenters. The Morgan fingerprint density at radius 3 is 2.27 bits per heavy atom. The SMILES string of the molecule is CCCCCC(CC)(CC)Oc1ccccc1O.COc1nnnc2ccccc12. The first-order valence-electron chi connectivity index (χ1n) is 10.7. The number of para-hydroxylation sites is 2. The van der Waals surface area contributed by atoms with Crippen LogP contribution in [-0.2, 0) is 0 Å². The average molecular weight is 412 g/mol. The van der Waals surface area contributed by atoms with Gasteiger partial charge in [-0.3, -0.25) is 0 Å². The normalized spacial score (nSPS) is 10.9. The summed E-state index contributed by atoms with van der Waals surface area (Å²) >= 11 is 0. The van der Waals surface area contributed by atoms with Crippen molar-refractivity contribution in [1.29, 1.82) is 0 Å². The highest BCUT2D eigenvalue weighted by Gasteiger charge is 2.28. The zero-order chi connectivity index (χ0) is 21.8. The van der Waals surface area contributed by atoms with Gasteiger partial charge in [-0.05, 0) is 55.2 Å². The van der Waals surface area contributed by atoms with E-state index in [1.165, 1.54) is 19.3 Å². The van der Waals surface area contributed by atoms with Crippen LogP contribution in [-0.4, -0.2) is 33.2 Å². The number of aromatic nitrogens is 3. The number of nitrogens with zero attached hydrogens (tertiary/aromatic N) is 3. The third-order valence-electron chi connectivity index (χ3n) is 5.33. The summed E-state index contributed by atoms with van der Waals surface area (Å²) in [6.07, 6.45) is 6.66. The highest BCUT2D eigenvalue weighted by Crippen LogP contribution is 2.34. The zero-order valence-corrected chi connectivity index (χ0v) is 18.5. The molecule has 6 heteroatoms. The van der Waals surface area contributed by atoms with E-state index in [9.17, 15) is 5.11 Å². The number of aromatic hydroxyl groups is 1. The summed E-state index contributed by atoms with van der Waals surface area (Å²) in [5, 5.41) is 21.8. The number of methoxy groups -OCH3 is 1. The van der Waals surface area contributed by atoms with E-state index in [1.54, 1.807) is 13.2 Å². The predicted octanol–water partition coefficient (Wildman–Crippen LogP) is 5.94. The number of fused-ring (bicyclic) bond motifs is 1. The van der Waals surface area contributed by atoms with Crippen LogP contribution < -0.4 is 9.47 Å². The molecule has 6 nitrogen and oxygen atoms in total. The number of phenols is 1. The fourth-order valence-corrected chi connectivity index (χ4v) is 3.33. The maximum Gasteiger partial charge on any atom is 0.244 e. The molecule has 0 aliphatic heterocycles. The maximum atomic E-state index is 9.81. The zero-order valence-electron chi connectivity index (χ0n) is 18.5. The van der Waals surface area contributed by atoms with Crippen LogP contribution in [0.15, 0.2) is 48.5 Å². The molecule has 0 unspecified atom stereocenters. The summed E-state index contributed by atoms with van der Waals surface area (Å²) in [7, 11) is 1.57. The third kappa shape index (κ3) is 6.31. The molecule has 1 N–H and O–H groups in total. The van der Waals surface area contributed by atoms with E-state index in [4.69, 9.17) is 9.47 Å². The molecule has 0 saturated heterocycles. The third-order valence-corrected chi connectivity index (χ3v) is 5.33. The van der Waals surface area contributed by atoms with Crippen LogP contribution in [0, 0.1) is 0 Å². The van der Waals surface area contributed by atoms with E-state index in [1.807, 2.05) is 42.5 Å². The number of benzene rings is 2. The molecule has 0 saturated carbocycles. The Hall–Kier alpha value is -2.89. The second kappa shape index (κ2) is 12.0. The van der Waals surface area contributed by atoms with Crippen molar-refractivity contribution in [2.24, 2.45) is 0 Å². The quantitative estimate of drug-likeness (QED) is 0.439. The first kappa shape index (κ1) is 23.4. The Kier molecular flexibility index (Phi) is 9.32. The molecule has 30 heavy (non-hydrogen) atoms. The number of hydrogen-bond acceptors (Lipinski definition) is 6. The molecule has 0 amide bonds. The van der Waals surface area contributed by atoms with Crippen molar-refractivity contribution >= 4 is 10.9 Å². The lowest BCUT2D eigenvalue weighted by Crippen LogP contribution is -2.34. The van der Waals surface area contributed by atoms with Gasteiger partial charge in [-0.25, -0.2) is 0 Å². The van der Waals surface area contributed by atoms with Gasteiger partial charge in [0.1, 0.15) is 11.1 Å². The van der Waals surface area contributed by atoms with Gasteiger partial charge >= 0.3 is 0 Å². The van der Waals surface area contributed by atoms with Gasteiger partial charge in [0.05, 0.1) is 12.5 Å². The lowest BCUT2D eigenvalue weighted by atomic mass is 9.90. The Bertz CT molecular complexity index is 892. The number of ether oxygens (including phenoxy) is 2. The van der Waals surface area contributed by atoms with Crippen LogP contribution >= 0.6 is 0 Å². The van der Waals surface area contributed by atoms with Crippen LogP contribution in [0.3, 0.4) is 0 Å². The highest BCUT2D eigenvalue weighted by atomic mass is 16.5. The fourth-order valence-electron chi connectivity index (χ4n) is 3.33. The van der Waals surface area contributed by atoms with Crippen LogP contribution in [0.25, 0.3) is 10.9 Å². The van der Waals surface area contributed by atoms with E-state index in [0.717, 1.165) is 30.2 Å². The van der Waals surface area contributed by atoms with Gasteiger partial charge in [0, 0.05) is 0 Å². The largest absolute Gasteiger partial charge is 0.504 e. The van der Waals surface area contributed by atoms with Crippen LogP contribution in [0.4, 0.5) is 0 Å². The van der Waals surface area contributed by atoms with E-state index < -0.39 is 0 Å². The molecule has 0 aliphatic rings. The molecule has 1 heterocycles. The Labute approximate surface area is 179 Å². The molecular formula is C24H33N3O3. The van der Waals surface area contributed by atoms with Crippen molar-refractivity contribution in [2.45, 2.75) is 64.9 Å². The molecule has 3 rings (SSSR count). The van der Waals surface area contributed by atoms with Gasteiger partial charge in [0.15, 0.2) is 11.5 Å². The van der Waals surface area contributed by atoms with Gasteiger partial charge in [0.25, 0.3) is 0 Å². The van der Waals surface area contributed by atoms with Crippen molar-refractivity contribution in [3.8, 4) is 17.4 Å². The van der Waals surface area contributed by atoms with Gasteiger partial charge in [0.2, 0.25) is 5.88 Å². The molecule has 1 aromatic heterocycles. The van der Waals surface area contributed by atoms with Gasteiger partial charge in [-0.2, -0.15) is 0 Å². The summed E-state index contributed by atoms with van der Waals surface area (Å²) in [4.78, 5) is 0. The molecular weight excluding hydrogens is 378 g/mol. The lowest BCUT2D eigenvalue weighted by molar-refractivity contribution is 0.0456. The first-order chi connectivity index (χ1) is 14.6. The summed E-state index contributed by atoms with van der Waals surface area (Å²) < 4.78 is 11.1. The monoisotopic (exact) mass is 411 g/mol. The van der Waals surface area contributed by atoms with Crippen LogP contribution in [0.5, 0.6) is 17.4 Å². The average Bonchev–Trinajstić information content (AvgIpc) is 2.80. The van der Waals surface area contributed by atoms with Gasteiger partial charge in [-0.1, -0.05) is 63.0 Å². The Morgan fingerprint density at radius 1 is 0.900 bits per heavy atom. The number of phenolic OH excluding ortho intramolecular Hbond substituents is 1. The van der Waals surface area contributed by atoms with Crippen molar-refractivity contribution in [3.05, 3.63) is 48.5 Å². The van der Waals surface area contributed by atoms with Crippen molar-refractivity contribution in [3.63, 3.8) is 0 Å². The topological polar surface area (TPSA) is 77.4 Å². The Balaban J connectivity index is 0.000000230. The maximum absolute atomic E-state index is 9.81. The molecule has 0 fully saturated rings. The number of unbranched alkanes of at least 4 members (excludes halogenated alkanes) is 2. The summed E-state index contributed by atoms with van der Waals surface area (Å²) in [6.45, 7) is 6.54. The number of rotatable bonds is 9. The molecule has 0 spiro atoms. The minimum absolute atomic E-state index is 0.131.